The SMILES string of the molecule is COc1cc2c(c(OC)c1OC)-c1cc3cc(-c4ccccn4)oc3cc1[C@@H](NC(C)=O)CC2. The van der Waals surface area contributed by atoms with Gasteiger partial charge in [-0.1, -0.05) is 6.07 Å². The lowest BCUT2D eigenvalue weighted by atomic mass is 9.92. The fourth-order valence-electron chi connectivity index (χ4n) is 4.79. The monoisotopic (exact) mass is 458 g/mol. The number of pyridine rings is 1. The lowest BCUT2D eigenvalue weighted by Crippen LogP contribution is -2.26. The van der Waals surface area contributed by atoms with Crippen molar-refractivity contribution in [3.05, 3.63) is 59.8 Å². The summed E-state index contributed by atoms with van der Waals surface area (Å²) < 4.78 is 23.3. The number of fused-ring (bicyclic) bond motifs is 4. The van der Waals surface area contributed by atoms with Crippen molar-refractivity contribution < 1.29 is 23.4 Å². The number of amides is 1. The Morgan fingerprint density at radius 2 is 1.88 bits per heavy atom. The first kappa shape index (κ1) is 21.8. The van der Waals surface area contributed by atoms with Gasteiger partial charge in [0.05, 0.1) is 27.4 Å². The van der Waals surface area contributed by atoms with Crippen molar-refractivity contribution >= 4 is 16.9 Å². The van der Waals surface area contributed by atoms with E-state index < -0.39 is 0 Å². The number of nitrogens with zero attached hydrogens (tertiary/aromatic N) is 1. The number of hydrogen-bond donors (Lipinski definition) is 1. The van der Waals surface area contributed by atoms with Crippen molar-refractivity contribution in [1.82, 2.24) is 10.3 Å². The fourth-order valence-corrected chi connectivity index (χ4v) is 4.79. The molecule has 2 aromatic carbocycles. The number of carbonyl (C=O) groups is 1. The number of rotatable bonds is 5. The van der Waals surface area contributed by atoms with Gasteiger partial charge < -0.3 is 23.9 Å². The van der Waals surface area contributed by atoms with Crippen LogP contribution >= 0.6 is 0 Å². The van der Waals surface area contributed by atoms with Gasteiger partial charge in [-0.25, -0.2) is 0 Å². The largest absolute Gasteiger partial charge is 0.493 e. The molecule has 0 saturated carbocycles. The molecule has 1 aliphatic carbocycles. The average Bonchev–Trinajstić information content (AvgIpc) is 3.22. The number of methoxy groups -OCH3 is 3. The van der Waals surface area contributed by atoms with E-state index in [-0.39, 0.29) is 11.9 Å². The van der Waals surface area contributed by atoms with E-state index in [0.29, 0.717) is 23.0 Å². The molecule has 34 heavy (non-hydrogen) atoms. The van der Waals surface area contributed by atoms with Crippen LogP contribution in [0.15, 0.2) is 53.1 Å². The van der Waals surface area contributed by atoms with Crippen LogP contribution in [0, 0.1) is 0 Å². The summed E-state index contributed by atoms with van der Waals surface area (Å²) >= 11 is 0. The minimum Gasteiger partial charge on any atom is -0.493 e. The predicted octanol–water partition coefficient (Wildman–Crippen LogP) is 5.31. The minimum atomic E-state index is -0.186. The van der Waals surface area contributed by atoms with Crippen LogP contribution in [0.3, 0.4) is 0 Å². The minimum absolute atomic E-state index is 0.0854. The molecule has 174 valence electrons. The Kier molecular flexibility index (Phi) is 5.61. The number of aromatic nitrogens is 1. The van der Waals surface area contributed by atoms with Gasteiger partial charge in [-0.05, 0) is 65.9 Å². The van der Waals surface area contributed by atoms with Gasteiger partial charge in [0.15, 0.2) is 17.3 Å². The molecule has 4 aromatic rings. The van der Waals surface area contributed by atoms with Gasteiger partial charge in [-0.2, -0.15) is 0 Å². The Morgan fingerprint density at radius 3 is 2.56 bits per heavy atom. The molecule has 0 unspecified atom stereocenters. The summed E-state index contributed by atoms with van der Waals surface area (Å²) in [5, 5.41) is 4.05. The van der Waals surface area contributed by atoms with Gasteiger partial charge in [-0.15, -0.1) is 0 Å². The number of carbonyl (C=O) groups excluding carboxylic acids is 1. The van der Waals surface area contributed by atoms with E-state index >= 15 is 0 Å². The molecule has 7 heteroatoms. The average molecular weight is 459 g/mol. The Morgan fingerprint density at radius 1 is 1.06 bits per heavy atom. The van der Waals surface area contributed by atoms with E-state index in [4.69, 9.17) is 18.6 Å². The summed E-state index contributed by atoms with van der Waals surface area (Å²) in [5.74, 6) is 2.35. The number of ether oxygens (including phenoxy) is 3. The van der Waals surface area contributed by atoms with Crippen LogP contribution in [-0.4, -0.2) is 32.2 Å². The smallest absolute Gasteiger partial charge is 0.217 e. The Bertz CT molecular complexity index is 1380. The van der Waals surface area contributed by atoms with Crippen molar-refractivity contribution in [3.63, 3.8) is 0 Å². The van der Waals surface area contributed by atoms with E-state index in [1.165, 1.54) is 6.92 Å². The maximum absolute atomic E-state index is 12.1. The second kappa shape index (κ2) is 8.74. The van der Waals surface area contributed by atoms with Crippen LogP contribution < -0.4 is 19.5 Å². The zero-order valence-corrected chi connectivity index (χ0v) is 19.6. The standard InChI is InChI=1S/C27H26N2O5/c1-15(30)29-20-9-8-16-12-24(31-2)26(32-3)27(33-4)25(16)19-11-17-13-23(21-7-5-6-10-28-21)34-22(17)14-18(19)20/h5-7,10-14,20H,8-9H2,1-4H3,(H,29,30)/t20-/m0/s1. The molecule has 0 saturated heterocycles. The van der Waals surface area contributed by atoms with E-state index in [1.54, 1.807) is 27.5 Å². The second-order valence-electron chi connectivity index (χ2n) is 8.27. The molecule has 1 N–H and O–H groups in total. The van der Waals surface area contributed by atoms with Crippen molar-refractivity contribution in [2.45, 2.75) is 25.8 Å². The van der Waals surface area contributed by atoms with E-state index in [9.17, 15) is 4.79 Å². The van der Waals surface area contributed by atoms with Gasteiger partial charge in [0, 0.05) is 24.1 Å². The van der Waals surface area contributed by atoms with Gasteiger partial charge in [0.1, 0.15) is 11.3 Å². The number of hydrogen-bond acceptors (Lipinski definition) is 6. The Balaban J connectivity index is 1.79. The predicted molar refractivity (Wildman–Crippen MR) is 129 cm³/mol. The van der Waals surface area contributed by atoms with E-state index in [0.717, 1.165) is 51.8 Å². The molecule has 5 rings (SSSR count). The van der Waals surface area contributed by atoms with Crippen LogP contribution in [0.2, 0.25) is 0 Å². The third kappa shape index (κ3) is 3.63. The van der Waals surface area contributed by atoms with Crippen molar-refractivity contribution in [1.29, 1.82) is 0 Å². The third-order valence-electron chi connectivity index (χ3n) is 6.24. The van der Waals surface area contributed by atoms with Crippen LogP contribution in [0.5, 0.6) is 17.2 Å². The normalized spacial score (nSPS) is 14.6. The first-order valence-electron chi connectivity index (χ1n) is 11.1. The second-order valence-corrected chi connectivity index (χ2v) is 8.27. The summed E-state index contributed by atoms with van der Waals surface area (Å²) in [6.45, 7) is 1.54. The zero-order valence-electron chi connectivity index (χ0n) is 19.6. The Hall–Kier alpha value is -4.00. The summed E-state index contributed by atoms with van der Waals surface area (Å²) in [7, 11) is 4.84. The van der Waals surface area contributed by atoms with Crippen LogP contribution in [-0.2, 0) is 11.2 Å². The quantitative estimate of drug-likeness (QED) is 0.436. The highest BCUT2D eigenvalue weighted by Crippen LogP contribution is 2.51. The lowest BCUT2D eigenvalue weighted by Gasteiger charge is -2.21. The first-order valence-corrected chi connectivity index (χ1v) is 11.1. The van der Waals surface area contributed by atoms with Gasteiger partial charge in [0.25, 0.3) is 0 Å². The van der Waals surface area contributed by atoms with Crippen LogP contribution in [0.4, 0.5) is 0 Å². The summed E-state index contributed by atoms with van der Waals surface area (Å²) in [6.07, 6.45) is 3.19. The molecule has 0 bridgehead atoms. The van der Waals surface area contributed by atoms with E-state index in [1.807, 2.05) is 36.4 Å². The molecule has 0 spiro atoms. The highest BCUT2D eigenvalue weighted by atomic mass is 16.5. The zero-order chi connectivity index (χ0) is 23.8. The molecule has 1 aliphatic rings. The lowest BCUT2D eigenvalue weighted by molar-refractivity contribution is -0.119. The van der Waals surface area contributed by atoms with Gasteiger partial charge in [0.2, 0.25) is 11.7 Å². The molecule has 1 amide bonds. The maximum atomic E-state index is 12.1. The van der Waals surface area contributed by atoms with Crippen molar-refractivity contribution in [2.24, 2.45) is 0 Å². The highest BCUT2D eigenvalue weighted by Gasteiger charge is 2.30. The molecule has 1 atom stereocenters. The first-order chi connectivity index (χ1) is 16.5. The van der Waals surface area contributed by atoms with E-state index in [2.05, 4.69) is 16.4 Å². The number of benzene rings is 2. The van der Waals surface area contributed by atoms with Crippen molar-refractivity contribution in [3.8, 4) is 39.8 Å². The van der Waals surface area contributed by atoms with Crippen molar-refractivity contribution in [2.75, 3.05) is 21.3 Å². The maximum Gasteiger partial charge on any atom is 0.217 e. The number of aryl methyl sites for hydroxylation is 1. The Labute approximate surface area is 197 Å². The molecule has 0 aliphatic heterocycles. The van der Waals surface area contributed by atoms with Crippen LogP contribution in [0.25, 0.3) is 33.6 Å². The molecule has 0 fully saturated rings. The fraction of sp³-hybridized carbons (Fsp3) is 0.259. The number of furan rings is 1. The molecular weight excluding hydrogens is 432 g/mol. The molecule has 7 nitrogen and oxygen atoms in total. The number of nitrogens with one attached hydrogen (secondary N) is 1. The third-order valence-corrected chi connectivity index (χ3v) is 6.24. The summed E-state index contributed by atoms with van der Waals surface area (Å²) in [5.41, 5.74) is 5.43. The topological polar surface area (TPSA) is 82.8 Å². The molecule has 2 heterocycles. The molecule has 2 aromatic heterocycles. The highest BCUT2D eigenvalue weighted by molar-refractivity contribution is 5.92. The van der Waals surface area contributed by atoms with Crippen LogP contribution in [0.1, 0.15) is 30.5 Å². The molecular formula is C27H26N2O5. The van der Waals surface area contributed by atoms with Gasteiger partial charge in [-0.3, -0.25) is 9.78 Å². The summed E-state index contributed by atoms with van der Waals surface area (Å²) in [4.78, 5) is 16.5. The van der Waals surface area contributed by atoms with Gasteiger partial charge >= 0.3 is 0 Å². The summed E-state index contributed by atoms with van der Waals surface area (Å²) in [6, 6.07) is 13.6. The molecule has 0 radical (unpaired) electrons.